The van der Waals surface area contributed by atoms with E-state index in [4.69, 9.17) is 5.11 Å². The summed E-state index contributed by atoms with van der Waals surface area (Å²) >= 11 is 1.15. The number of aromatic nitrogens is 2. The van der Waals surface area contributed by atoms with Gasteiger partial charge in [-0.3, -0.25) is 4.79 Å². The van der Waals surface area contributed by atoms with Crippen molar-refractivity contribution in [2.45, 2.75) is 5.03 Å². The highest BCUT2D eigenvalue weighted by atomic mass is 32.2. The standard InChI is InChI=1S/C16H13N3O3S/c20-11-5-3-4-10(8-11)17-16-18-13-7-2-1-6-12(13)15(19-16)23-9-14(21)22/h1-8,20H,9H2,(H,21,22)(H,17,18,19). The van der Waals surface area contributed by atoms with Gasteiger partial charge >= 0.3 is 5.97 Å². The molecule has 7 heteroatoms. The van der Waals surface area contributed by atoms with Crippen LogP contribution in [0.4, 0.5) is 11.6 Å². The van der Waals surface area contributed by atoms with E-state index in [2.05, 4.69) is 15.3 Å². The number of carboxylic acids is 1. The highest BCUT2D eigenvalue weighted by Gasteiger charge is 2.10. The third-order valence-corrected chi connectivity index (χ3v) is 3.98. The quantitative estimate of drug-likeness (QED) is 0.489. The van der Waals surface area contributed by atoms with Crippen LogP contribution >= 0.6 is 11.8 Å². The van der Waals surface area contributed by atoms with E-state index < -0.39 is 5.97 Å². The highest BCUT2D eigenvalue weighted by Crippen LogP contribution is 2.27. The molecule has 6 nitrogen and oxygen atoms in total. The van der Waals surface area contributed by atoms with Crippen LogP contribution in [0.5, 0.6) is 5.75 Å². The first-order valence-corrected chi connectivity index (χ1v) is 7.78. The van der Waals surface area contributed by atoms with Crippen LogP contribution in [0.2, 0.25) is 0 Å². The maximum atomic E-state index is 10.8. The molecule has 1 aromatic heterocycles. The summed E-state index contributed by atoms with van der Waals surface area (Å²) in [6.45, 7) is 0. The lowest BCUT2D eigenvalue weighted by Crippen LogP contribution is -2.02. The Morgan fingerprint density at radius 2 is 1.96 bits per heavy atom. The number of thioether (sulfide) groups is 1. The second kappa shape index (κ2) is 6.53. The summed E-state index contributed by atoms with van der Waals surface area (Å²) in [6.07, 6.45) is 0. The maximum absolute atomic E-state index is 10.8. The van der Waals surface area contributed by atoms with Gasteiger partial charge in [0.2, 0.25) is 5.95 Å². The van der Waals surface area contributed by atoms with Gasteiger partial charge in [-0.25, -0.2) is 9.97 Å². The molecule has 2 aromatic carbocycles. The lowest BCUT2D eigenvalue weighted by Gasteiger charge is -2.09. The van der Waals surface area contributed by atoms with Crippen molar-refractivity contribution >= 4 is 40.3 Å². The van der Waals surface area contributed by atoms with Gasteiger partial charge < -0.3 is 15.5 Å². The van der Waals surface area contributed by atoms with Gasteiger partial charge in [0.05, 0.1) is 11.3 Å². The lowest BCUT2D eigenvalue weighted by molar-refractivity contribution is -0.133. The number of hydrogen-bond donors (Lipinski definition) is 3. The molecular weight excluding hydrogens is 314 g/mol. The molecule has 0 aliphatic heterocycles. The summed E-state index contributed by atoms with van der Waals surface area (Å²) in [6, 6.07) is 14.0. The Balaban J connectivity index is 1.98. The Morgan fingerprint density at radius 1 is 1.13 bits per heavy atom. The number of fused-ring (bicyclic) bond motifs is 1. The number of benzene rings is 2. The van der Waals surface area contributed by atoms with Crippen LogP contribution in [0, 0.1) is 0 Å². The zero-order valence-electron chi connectivity index (χ0n) is 11.9. The summed E-state index contributed by atoms with van der Waals surface area (Å²) < 4.78 is 0. The Labute approximate surface area is 136 Å². The van der Waals surface area contributed by atoms with Crippen LogP contribution in [0.25, 0.3) is 10.9 Å². The summed E-state index contributed by atoms with van der Waals surface area (Å²) in [5.74, 6) is -0.495. The number of para-hydroxylation sites is 1. The molecule has 0 fully saturated rings. The van der Waals surface area contributed by atoms with Gasteiger partial charge in [0.25, 0.3) is 0 Å². The van der Waals surface area contributed by atoms with E-state index in [1.165, 1.54) is 0 Å². The fourth-order valence-corrected chi connectivity index (χ4v) is 2.80. The number of aromatic hydroxyl groups is 1. The topological polar surface area (TPSA) is 95.3 Å². The Hall–Kier alpha value is -2.80. The maximum Gasteiger partial charge on any atom is 0.313 e. The number of rotatable bonds is 5. The predicted molar refractivity (Wildman–Crippen MR) is 89.3 cm³/mol. The molecule has 3 rings (SSSR count). The second-order valence-electron chi connectivity index (χ2n) is 4.73. The lowest BCUT2D eigenvalue weighted by atomic mass is 10.2. The van der Waals surface area contributed by atoms with Gasteiger partial charge in [-0.15, -0.1) is 0 Å². The largest absolute Gasteiger partial charge is 0.508 e. The second-order valence-corrected chi connectivity index (χ2v) is 5.69. The fraction of sp³-hybridized carbons (Fsp3) is 0.0625. The molecule has 0 aliphatic rings. The molecule has 3 aromatic rings. The minimum atomic E-state index is -0.903. The molecule has 3 N–H and O–H groups in total. The van der Waals surface area contributed by atoms with Crippen molar-refractivity contribution in [1.82, 2.24) is 9.97 Å². The van der Waals surface area contributed by atoms with Crippen molar-refractivity contribution in [1.29, 1.82) is 0 Å². The molecule has 0 atom stereocenters. The molecule has 1 heterocycles. The summed E-state index contributed by atoms with van der Waals surface area (Å²) in [5, 5.41) is 22.8. The third-order valence-electron chi connectivity index (χ3n) is 3.00. The van der Waals surface area contributed by atoms with Crippen LogP contribution in [0.3, 0.4) is 0 Å². The minimum absolute atomic E-state index is 0.0768. The number of anilines is 2. The van der Waals surface area contributed by atoms with E-state index in [0.29, 0.717) is 16.7 Å². The van der Waals surface area contributed by atoms with Gasteiger partial charge in [-0.1, -0.05) is 36.0 Å². The average molecular weight is 327 g/mol. The molecule has 0 saturated carbocycles. The van der Waals surface area contributed by atoms with Crippen LogP contribution in [0.15, 0.2) is 53.6 Å². The number of carboxylic acid groups (broad SMARTS) is 1. The molecule has 0 spiro atoms. The number of nitrogens with zero attached hydrogens (tertiary/aromatic N) is 2. The van der Waals surface area contributed by atoms with Crippen molar-refractivity contribution < 1.29 is 15.0 Å². The van der Waals surface area contributed by atoms with Gasteiger partial charge in [0.15, 0.2) is 0 Å². The summed E-state index contributed by atoms with van der Waals surface area (Å²) in [7, 11) is 0. The zero-order valence-corrected chi connectivity index (χ0v) is 12.7. The number of phenolic OH excluding ortho intramolecular Hbond substituents is 1. The van der Waals surface area contributed by atoms with E-state index >= 15 is 0 Å². The van der Waals surface area contributed by atoms with Crippen LogP contribution in [0.1, 0.15) is 0 Å². The fourth-order valence-electron chi connectivity index (χ4n) is 2.06. The highest BCUT2D eigenvalue weighted by molar-refractivity contribution is 8.00. The molecule has 0 aliphatic carbocycles. The molecule has 23 heavy (non-hydrogen) atoms. The summed E-state index contributed by atoms with van der Waals surface area (Å²) in [4.78, 5) is 19.6. The molecule has 0 unspecified atom stereocenters. The van der Waals surface area contributed by atoms with Crippen molar-refractivity contribution in [3.05, 3.63) is 48.5 Å². The van der Waals surface area contributed by atoms with Crippen molar-refractivity contribution in [3.63, 3.8) is 0 Å². The average Bonchev–Trinajstić information content (AvgIpc) is 2.52. The monoisotopic (exact) mass is 327 g/mol. The Bertz CT molecular complexity index is 870. The third kappa shape index (κ3) is 3.70. The predicted octanol–water partition coefficient (Wildman–Crippen LogP) is 3.26. The van der Waals surface area contributed by atoms with Gasteiger partial charge in [-0.2, -0.15) is 0 Å². The smallest absolute Gasteiger partial charge is 0.313 e. The zero-order chi connectivity index (χ0) is 16.2. The number of hydrogen-bond acceptors (Lipinski definition) is 6. The number of aliphatic carboxylic acids is 1. The number of nitrogens with one attached hydrogen (secondary N) is 1. The Kier molecular flexibility index (Phi) is 4.29. The van der Waals surface area contributed by atoms with Crippen molar-refractivity contribution in [3.8, 4) is 5.75 Å². The summed E-state index contributed by atoms with van der Waals surface area (Å²) in [5.41, 5.74) is 1.37. The van der Waals surface area contributed by atoms with Gasteiger partial charge in [0.1, 0.15) is 10.8 Å². The first kappa shape index (κ1) is 15.1. The number of carbonyl (C=O) groups is 1. The molecule has 116 valence electrons. The minimum Gasteiger partial charge on any atom is -0.508 e. The van der Waals surface area contributed by atoms with Crippen LogP contribution in [-0.2, 0) is 4.79 Å². The molecule has 0 saturated heterocycles. The number of phenols is 1. The van der Waals surface area contributed by atoms with E-state index in [0.717, 1.165) is 22.7 Å². The van der Waals surface area contributed by atoms with E-state index in [1.54, 1.807) is 24.3 Å². The van der Waals surface area contributed by atoms with Crippen LogP contribution in [-0.4, -0.2) is 31.9 Å². The van der Waals surface area contributed by atoms with Crippen LogP contribution < -0.4 is 5.32 Å². The van der Waals surface area contributed by atoms with E-state index in [1.807, 2.05) is 24.3 Å². The van der Waals surface area contributed by atoms with Crippen molar-refractivity contribution in [2.24, 2.45) is 0 Å². The SMILES string of the molecule is O=C(O)CSc1nc(Nc2cccc(O)c2)nc2ccccc12. The van der Waals surface area contributed by atoms with Crippen molar-refractivity contribution in [2.75, 3.05) is 11.1 Å². The first-order chi connectivity index (χ1) is 11.1. The van der Waals surface area contributed by atoms with Gasteiger partial charge in [0, 0.05) is 17.1 Å². The first-order valence-electron chi connectivity index (χ1n) is 6.79. The molecule has 0 amide bonds. The van der Waals surface area contributed by atoms with E-state index in [-0.39, 0.29) is 11.5 Å². The van der Waals surface area contributed by atoms with E-state index in [9.17, 15) is 9.90 Å². The normalized spacial score (nSPS) is 10.6. The molecular formula is C16H13N3O3S. The molecule has 0 bridgehead atoms. The Morgan fingerprint density at radius 3 is 2.74 bits per heavy atom. The van der Waals surface area contributed by atoms with Gasteiger partial charge in [-0.05, 0) is 18.2 Å². The molecule has 0 radical (unpaired) electrons.